The molecule has 1 aromatic rings. The topological polar surface area (TPSA) is 40.5 Å². The number of likely N-dealkylation sites (tertiary alicyclic amines) is 1. The molecule has 86 valence electrons. The summed E-state index contributed by atoms with van der Waals surface area (Å²) < 4.78 is 0.893. The van der Waals surface area contributed by atoms with Crippen LogP contribution in [0.5, 0.6) is 0 Å². The molecule has 1 saturated heterocycles. The molecule has 0 aromatic heterocycles. The summed E-state index contributed by atoms with van der Waals surface area (Å²) in [6.45, 7) is 2.81. The molecule has 0 radical (unpaired) electrons. The molecule has 1 N–H and O–H groups in total. The van der Waals surface area contributed by atoms with Crippen LogP contribution in [0.1, 0.15) is 23.7 Å². The van der Waals surface area contributed by atoms with Crippen LogP contribution in [0.25, 0.3) is 0 Å². The minimum atomic E-state index is -0.665. The van der Waals surface area contributed by atoms with Gasteiger partial charge in [0.05, 0.1) is 18.7 Å². The summed E-state index contributed by atoms with van der Waals surface area (Å²) in [4.78, 5) is 13.6. The van der Waals surface area contributed by atoms with E-state index in [1.807, 2.05) is 19.1 Å². The quantitative estimate of drug-likeness (QED) is 0.903. The van der Waals surface area contributed by atoms with Crippen molar-refractivity contribution in [3.8, 4) is 0 Å². The number of rotatable bonds is 2. The summed E-state index contributed by atoms with van der Waals surface area (Å²) in [6.07, 6.45) is 0.690. The highest BCUT2D eigenvalue weighted by Crippen LogP contribution is 2.26. The third kappa shape index (κ3) is 2.13. The van der Waals surface area contributed by atoms with Crippen molar-refractivity contribution in [2.24, 2.45) is 0 Å². The molecule has 3 nitrogen and oxygen atoms in total. The summed E-state index contributed by atoms with van der Waals surface area (Å²) in [7, 11) is 0. The standard InChI is InChI=1S/C12H14BrNO2/c1-2-12(16)7-14(8-12)11(15)9-4-3-5-10(13)6-9/h3-6,16H,2,7-8H2,1H3. The fraction of sp³-hybridized carbons (Fsp3) is 0.417. The summed E-state index contributed by atoms with van der Waals surface area (Å²) >= 11 is 3.34. The second-order valence-corrected chi connectivity index (χ2v) is 5.17. The molecular weight excluding hydrogens is 270 g/mol. The summed E-state index contributed by atoms with van der Waals surface area (Å²) in [5.41, 5.74) is -0.00526. The van der Waals surface area contributed by atoms with E-state index in [1.54, 1.807) is 17.0 Å². The predicted octanol–water partition coefficient (Wildman–Crippen LogP) is 2.05. The molecule has 1 amide bonds. The molecule has 0 aliphatic carbocycles. The van der Waals surface area contributed by atoms with Gasteiger partial charge < -0.3 is 10.0 Å². The van der Waals surface area contributed by atoms with Crippen LogP contribution in [-0.4, -0.2) is 34.6 Å². The molecule has 1 aromatic carbocycles. The van der Waals surface area contributed by atoms with Gasteiger partial charge in [0.1, 0.15) is 0 Å². The molecule has 0 unspecified atom stereocenters. The lowest BCUT2D eigenvalue weighted by atomic mass is 9.91. The highest BCUT2D eigenvalue weighted by Gasteiger charge is 2.42. The average Bonchev–Trinajstić information content (AvgIpc) is 2.24. The van der Waals surface area contributed by atoms with E-state index in [-0.39, 0.29) is 5.91 Å². The highest BCUT2D eigenvalue weighted by atomic mass is 79.9. The van der Waals surface area contributed by atoms with Crippen LogP contribution in [0.15, 0.2) is 28.7 Å². The van der Waals surface area contributed by atoms with Crippen molar-refractivity contribution in [2.75, 3.05) is 13.1 Å². The van der Waals surface area contributed by atoms with Crippen molar-refractivity contribution in [1.29, 1.82) is 0 Å². The first-order valence-electron chi connectivity index (χ1n) is 5.31. The first-order valence-corrected chi connectivity index (χ1v) is 6.10. The van der Waals surface area contributed by atoms with Gasteiger partial charge in [-0.25, -0.2) is 0 Å². The minimum Gasteiger partial charge on any atom is -0.386 e. The maximum atomic E-state index is 12.0. The van der Waals surface area contributed by atoms with Crippen molar-refractivity contribution >= 4 is 21.8 Å². The maximum Gasteiger partial charge on any atom is 0.254 e. The maximum absolute atomic E-state index is 12.0. The summed E-state index contributed by atoms with van der Waals surface area (Å²) in [6, 6.07) is 7.31. The van der Waals surface area contributed by atoms with Crippen LogP contribution in [0, 0.1) is 0 Å². The van der Waals surface area contributed by atoms with E-state index in [0.29, 0.717) is 25.1 Å². The minimum absolute atomic E-state index is 0.0144. The fourth-order valence-corrected chi connectivity index (χ4v) is 2.23. The van der Waals surface area contributed by atoms with Gasteiger partial charge in [-0.3, -0.25) is 4.79 Å². The number of carbonyl (C=O) groups is 1. The highest BCUT2D eigenvalue weighted by molar-refractivity contribution is 9.10. The number of nitrogens with zero attached hydrogens (tertiary/aromatic N) is 1. The molecule has 1 aliphatic rings. The largest absolute Gasteiger partial charge is 0.386 e. The Morgan fingerprint density at radius 2 is 2.25 bits per heavy atom. The number of hydrogen-bond acceptors (Lipinski definition) is 2. The first kappa shape index (κ1) is 11.6. The van der Waals surface area contributed by atoms with E-state index >= 15 is 0 Å². The van der Waals surface area contributed by atoms with E-state index in [0.717, 1.165) is 4.47 Å². The van der Waals surface area contributed by atoms with Gasteiger partial charge in [-0.1, -0.05) is 28.9 Å². The van der Waals surface area contributed by atoms with Crippen LogP contribution >= 0.6 is 15.9 Å². The molecule has 2 rings (SSSR count). The number of aliphatic hydroxyl groups is 1. The Balaban J connectivity index is 2.06. The Labute approximate surface area is 103 Å². The van der Waals surface area contributed by atoms with Crippen molar-refractivity contribution in [3.63, 3.8) is 0 Å². The van der Waals surface area contributed by atoms with Gasteiger partial charge in [-0.15, -0.1) is 0 Å². The summed E-state index contributed by atoms with van der Waals surface area (Å²) in [5, 5.41) is 9.84. The Kier molecular flexibility index (Phi) is 3.04. The Morgan fingerprint density at radius 3 is 2.81 bits per heavy atom. The molecule has 4 heteroatoms. The molecular formula is C12H14BrNO2. The van der Waals surface area contributed by atoms with E-state index in [2.05, 4.69) is 15.9 Å². The molecule has 0 saturated carbocycles. The molecule has 0 bridgehead atoms. The lowest BCUT2D eigenvalue weighted by Gasteiger charge is -2.46. The molecule has 16 heavy (non-hydrogen) atoms. The number of amides is 1. The van der Waals surface area contributed by atoms with Crippen molar-refractivity contribution in [3.05, 3.63) is 34.3 Å². The normalized spacial score (nSPS) is 18.1. The third-order valence-corrected chi connectivity index (χ3v) is 3.48. The van der Waals surface area contributed by atoms with Crippen LogP contribution < -0.4 is 0 Å². The zero-order valence-electron chi connectivity index (χ0n) is 9.11. The predicted molar refractivity (Wildman–Crippen MR) is 65.3 cm³/mol. The lowest BCUT2D eigenvalue weighted by Crippen LogP contribution is -2.63. The van der Waals surface area contributed by atoms with Gasteiger partial charge in [-0.05, 0) is 24.6 Å². The zero-order chi connectivity index (χ0) is 11.8. The molecule has 0 spiro atoms. The number of benzene rings is 1. The van der Waals surface area contributed by atoms with Crippen LogP contribution in [0.3, 0.4) is 0 Å². The second kappa shape index (κ2) is 4.18. The second-order valence-electron chi connectivity index (χ2n) is 4.25. The summed E-state index contributed by atoms with van der Waals surface area (Å²) in [5.74, 6) is -0.0144. The monoisotopic (exact) mass is 283 g/mol. The molecule has 1 aliphatic heterocycles. The van der Waals surface area contributed by atoms with Gasteiger partial charge in [0.2, 0.25) is 0 Å². The third-order valence-electron chi connectivity index (χ3n) is 2.99. The van der Waals surface area contributed by atoms with Crippen LogP contribution in [0.4, 0.5) is 0 Å². The lowest BCUT2D eigenvalue weighted by molar-refractivity contribution is -0.0826. The zero-order valence-corrected chi connectivity index (χ0v) is 10.7. The first-order chi connectivity index (χ1) is 7.54. The van der Waals surface area contributed by atoms with E-state index in [4.69, 9.17) is 0 Å². The van der Waals surface area contributed by atoms with Crippen molar-refractivity contribution < 1.29 is 9.90 Å². The molecule has 0 atom stereocenters. The van der Waals surface area contributed by atoms with Crippen molar-refractivity contribution in [1.82, 2.24) is 4.90 Å². The number of halogens is 1. The Hall–Kier alpha value is -0.870. The van der Waals surface area contributed by atoms with Crippen LogP contribution in [-0.2, 0) is 0 Å². The average molecular weight is 284 g/mol. The van der Waals surface area contributed by atoms with E-state index < -0.39 is 5.60 Å². The molecule has 1 heterocycles. The fourth-order valence-electron chi connectivity index (χ4n) is 1.84. The SMILES string of the molecule is CCC1(O)CN(C(=O)c2cccc(Br)c2)C1. The number of carbonyl (C=O) groups excluding carboxylic acids is 1. The van der Waals surface area contributed by atoms with E-state index in [9.17, 15) is 9.90 Å². The molecule has 1 fully saturated rings. The number of hydrogen-bond donors (Lipinski definition) is 1. The van der Waals surface area contributed by atoms with Gasteiger partial charge >= 0.3 is 0 Å². The van der Waals surface area contributed by atoms with Gasteiger partial charge in [0.25, 0.3) is 5.91 Å². The smallest absolute Gasteiger partial charge is 0.254 e. The Bertz CT molecular complexity index is 413. The van der Waals surface area contributed by atoms with E-state index in [1.165, 1.54) is 0 Å². The Morgan fingerprint density at radius 1 is 1.56 bits per heavy atom. The van der Waals surface area contributed by atoms with Gasteiger partial charge in [-0.2, -0.15) is 0 Å². The van der Waals surface area contributed by atoms with Gasteiger partial charge in [0, 0.05) is 10.0 Å². The van der Waals surface area contributed by atoms with Crippen molar-refractivity contribution in [2.45, 2.75) is 18.9 Å². The van der Waals surface area contributed by atoms with Crippen LogP contribution in [0.2, 0.25) is 0 Å². The van der Waals surface area contributed by atoms with Gasteiger partial charge in [0.15, 0.2) is 0 Å². The number of β-amino-alcohol motifs (C(OH)–C–C–N with tert-alkyl or cyclic N) is 1.